The van der Waals surface area contributed by atoms with Crippen LogP contribution in [0.1, 0.15) is 52.7 Å². The molecule has 0 aliphatic rings. The van der Waals surface area contributed by atoms with E-state index in [1.54, 1.807) is 41.5 Å². The second-order valence-electron chi connectivity index (χ2n) is 7.03. The molecular formula is C14H20N2O5. The van der Waals surface area contributed by atoms with Crippen LogP contribution in [0.2, 0.25) is 0 Å². The molecule has 0 bridgehead atoms. The molecule has 1 rings (SSSR count). The summed E-state index contributed by atoms with van der Waals surface area (Å²) in [6, 6.07) is 1.10. The highest BCUT2D eigenvalue weighted by atomic mass is 16.6. The molecule has 0 unspecified atom stereocenters. The van der Waals surface area contributed by atoms with E-state index in [9.17, 15) is 25.3 Å². The minimum atomic E-state index is -0.807. The maximum atomic E-state index is 11.3. The van der Waals surface area contributed by atoms with E-state index in [1.165, 1.54) is 0 Å². The first-order chi connectivity index (χ1) is 9.28. The molecule has 1 aromatic carbocycles. The van der Waals surface area contributed by atoms with Gasteiger partial charge in [0.25, 0.3) is 0 Å². The quantitative estimate of drug-likeness (QED) is 0.659. The predicted octanol–water partition coefficient (Wildman–Crippen LogP) is 3.80. The van der Waals surface area contributed by atoms with Crippen LogP contribution in [-0.2, 0) is 10.8 Å². The molecule has 0 aliphatic heterocycles. The van der Waals surface area contributed by atoms with Gasteiger partial charge in [-0.15, -0.1) is 0 Å². The van der Waals surface area contributed by atoms with Crippen molar-refractivity contribution >= 4 is 11.4 Å². The van der Waals surface area contributed by atoms with Gasteiger partial charge in [0.15, 0.2) is 0 Å². The van der Waals surface area contributed by atoms with Crippen molar-refractivity contribution in [3.63, 3.8) is 0 Å². The second kappa shape index (κ2) is 4.98. The normalized spacial score (nSPS) is 12.3. The molecule has 0 aromatic heterocycles. The fourth-order valence-electron chi connectivity index (χ4n) is 2.25. The lowest BCUT2D eigenvalue weighted by molar-refractivity contribution is -0.423. The summed E-state index contributed by atoms with van der Waals surface area (Å²) >= 11 is 0. The van der Waals surface area contributed by atoms with Crippen LogP contribution in [0.5, 0.6) is 5.75 Å². The third kappa shape index (κ3) is 3.12. The number of phenols is 1. The first-order valence-electron chi connectivity index (χ1n) is 6.48. The third-order valence-electron chi connectivity index (χ3n) is 3.19. The van der Waals surface area contributed by atoms with Gasteiger partial charge in [-0.1, -0.05) is 41.5 Å². The number of nitro benzene ring substituents is 2. The van der Waals surface area contributed by atoms with Crippen LogP contribution in [0.4, 0.5) is 11.4 Å². The lowest BCUT2D eigenvalue weighted by atomic mass is 9.78. The van der Waals surface area contributed by atoms with Gasteiger partial charge in [-0.05, 0) is 10.8 Å². The van der Waals surface area contributed by atoms with Crippen molar-refractivity contribution in [2.75, 3.05) is 0 Å². The average molecular weight is 296 g/mol. The lowest BCUT2D eigenvalue weighted by Gasteiger charge is -2.26. The van der Waals surface area contributed by atoms with E-state index in [0.29, 0.717) is 5.56 Å². The van der Waals surface area contributed by atoms with Crippen molar-refractivity contribution in [2.45, 2.75) is 52.4 Å². The number of nitrogens with zero attached hydrogens (tertiary/aromatic N) is 2. The molecule has 1 N–H and O–H groups in total. The summed E-state index contributed by atoms with van der Waals surface area (Å²) in [7, 11) is 0. The average Bonchev–Trinajstić information content (AvgIpc) is 2.23. The molecule has 0 heterocycles. The van der Waals surface area contributed by atoms with Crippen LogP contribution in [0.3, 0.4) is 0 Å². The summed E-state index contributed by atoms with van der Waals surface area (Å²) in [6.45, 7) is 10.4. The van der Waals surface area contributed by atoms with Crippen molar-refractivity contribution in [2.24, 2.45) is 0 Å². The molecule has 0 saturated carbocycles. The fourth-order valence-corrected chi connectivity index (χ4v) is 2.25. The highest BCUT2D eigenvalue weighted by Crippen LogP contribution is 2.48. The van der Waals surface area contributed by atoms with Gasteiger partial charge in [-0.2, -0.15) is 0 Å². The molecule has 0 fully saturated rings. The van der Waals surface area contributed by atoms with Crippen molar-refractivity contribution in [3.05, 3.63) is 37.4 Å². The monoisotopic (exact) mass is 296 g/mol. The molecule has 7 nitrogen and oxygen atoms in total. The van der Waals surface area contributed by atoms with E-state index in [-0.39, 0.29) is 11.3 Å². The number of aromatic hydroxyl groups is 1. The fraction of sp³-hybridized carbons (Fsp3) is 0.571. The molecule has 0 amide bonds. The lowest BCUT2D eigenvalue weighted by Crippen LogP contribution is -2.20. The molecule has 0 atom stereocenters. The minimum absolute atomic E-state index is 0.00775. The van der Waals surface area contributed by atoms with Gasteiger partial charge in [-0.25, -0.2) is 0 Å². The summed E-state index contributed by atoms with van der Waals surface area (Å²) in [5.41, 5.74) is -2.30. The van der Waals surface area contributed by atoms with Crippen molar-refractivity contribution in [3.8, 4) is 5.75 Å². The van der Waals surface area contributed by atoms with Crippen LogP contribution in [-0.4, -0.2) is 15.0 Å². The Morgan fingerprint density at radius 3 is 1.71 bits per heavy atom. The highest BCUT2D eigenvalue weighted by molar-refractivity contribution is 5.68. The third-order valence-corrected chi connectivity index (χ3v) is 3.19. The van der Waals surface area contributed by atoms with Crippen LogP contribution >= 0.6 is 0 Å². The van der Waals surface area contributed by atoms with E-state index < -0.39 is 32.1 Å². The van der Waals surface area contributed by atoms with Crippen LogP contribution < -0.4 is 0 Å². The first kappa shape index (κ1) is 16.9. The number of hydrogen-bond donors (Lipinski definition) is 1. The smallest absolute Gasteiger partial charge is 0.353 e. The van der Waals surface area contributed by atoms with Gasteiger partial charge in [0.05, 0.1) is 15.4 Å². The van der Waals surface area contributed by atoms with Gasteiger partial charge in [0, 0.05) is 11.6 Å². The van der Waals surface area contributed by atoms with Gasteiger partial charge in [-0.3, -0.25) is 20.2 Å². The zero-order valence-corrected chi connectivity index (χ0v) is 13.1. The molecular weight excluding hydrogens is 276 g/mol. The molecule has 0 spiro atoms. The number of nitro groups is 2. The Kier molecular flexibility index (Phi) is 4.00. The largest absolute Gasteiger partial charge is 0.507 e. The van der Waals surface area contributed by atoms with Crippen LogP contribution in [0, 0.1) is 20.2 Å². The number of phenolic OH excluding ortho intramolecular Hbond substituents is 1. The van der Waals surface area contributed by atoms with Crippen LogP contribution in [0.25, 0.3) is 0 Å². The molecule has 21 heavy (non-hydrogen) atoms. The van der Waals surface area contributed by atoms with E-state index in [2.05, 4.69) is 0 Å². The zero-order valence-electron chi connectivity index (χ0n) is 13.1. The number of rotatable bonds is 2. The summed E-state index contributed by atoms with van der Waals surface area (Å²) in [4.78, 5) is 20.9. The predicted molar refractivity (Wildman–Crippen MR) is 78.8 cm³/mol. The maximum absolute atomic E-state index is 11.3. The summed E-state index contributed by atoms with van der Waals surface area (Å²) in [5.74, 6) is -0.243. The first-order valence-corrected chi connectivity index (χ1v) is 6.48. The highest BCUT2D eigenvalue weighted by Gasteiger charge is 2.40. The SMILES string of the molecule is CC(C)(C)c1cc([N+](=O)[O-])c([N+](=O)[O-])c(C(C)(C)C)c1O. The number of benzene rings is 1. The second-order valence-corrected chi connectivity index (χ2v) is 7.03. The Morgan fingerprint density at radius 2 is 1.43 bits per heavy atom. The maximum Gasteiger partial charge on any atom is 0.353 e. The van der Waals surface area contributed by atoms with Crippen molar-refractivity contribution in [1.29, 1.82) is 0 Å². The Bertz CT molecular complexity index is 609. The van der Waals surface area contributed by atoms with Crippen molar-refractivity contribution in [1.82, 2.24) is 0 Å². The van der Waals surface area contributed by atoms with Gasteiger partial charge >= 0.3 is 11.4 Å². The van der Waals surface area contributed by atoms with Gasteiger partial charge in [0.1, 0.15) is 5.75 Å². The molecule has 1 aromatic rings. The molecule has 0 saturated heterocycles. The Morgan fingerprint density at radius 1 is 0.952 bits per heavy atom. The Hall–Kier alpha value is -2.18. The van der Waals surface area contributed by atoms with E-state index in [0.717, 1.165) is 6.07 Å². The van der Waals surface area contributed by atoms with E-state index in [4.69, 9.17) is 0 Å². The van der Waals surface area contributed by atoms with E-state index >= 15 is 0 Å². The summed E-state index contributed by atoms with van der Waals surface area (Å²) in [5, 5.41) is 33.0. The molecule has 116 valence electrons. The van der Waals surface area contributed by atoms with Gasteiger partial charge in [0.2, 0.25) is 0 Å². The zero-order chi connectivity index (χ0) is 16.7. The number of hydrogen-bond acceptors (Lipinski definition) is 5. The molecule has 7 heteroatoms. The van der Waals surface area contributed by atoms with Crippen LogP contribution in [0.15, 0.2) is 6.07 Å². The summed E-state index contributed by atoms with van der Waals surface area (Å²) < 4.78 is 0. The topological polar surface area (TPSA) is 107 Å². The summed E-state index contributed by atoms with van der Waals surface area (Å²) in [6.07, 6.45) is 0. The standard InChI is InChI=1S/C14H20N2O5/c1-13(2,3)8-7-9(15(18)19)11(16(20)21)10(12(8)17)14(4,5)6/h7,17H,1-6H3. The minimum Gasteiger partial charge on any atom is -0.507 e. The molecule has 0 radical (unpaired) electrons. The van der Waals surface area contributed by atoms with E-state index in [1.807, 2.05) is 0 Å². The Balaban J connectivity index is 4.02. The Labute approximate surface area is 122 Å². The van der Waals surface area contributed by atoms with Gasteiger partial charge < -0.3 is 5.11 Å². The molecule has 0 aliphatic carbocycles. The van der Waals surface area contributed by atoms with Crippen molar-refractivity contribution < 1.29 is 15.0 Å².